The average Bonchev–Trinajstić information content (AvgIpc) is 2.76. The van der Waals surface area contributed by atoms with Crippen molar-refractivity contribution in [3.63, 3.8) is 0 Å². The van der Waals surface area contributed by atoms with Crippen molar-refractivity contribution in [2.24, 2.45) is 0 Å². The van der Waals surface area contributed by atoms with E-state index < -0.39 is 0 Å². The molecule has 3 nitrogen and oxygen atoms in total. The van der Waals surface area contributed by atoms with Gasteiger partial charge in [-0.1, -0.05) is 13.8 Å². The lowest BCUT2D eigenvalue weighted by atomic mass is 10.2. The van der Waals surface area contributed by atoms with Crippen LogP contribution in [0, 0.1) is 0 Å². The van der Waals surface area contributed by atoms with Gasteiger partial charge in [-0.05, 0) is 13.2 Å². The molecule has 0 aliphatic carbocycles. The molecular formula is C12H22N2OS2. The smallest absolute Gasteiger partial charge is 0.0954 e. The summed E-state index contributed by atoms with van der Waals surface area (Å²) in [5.74, 6) is 0.502. The fourth-order valence-corrected chi connectivity index (χ4v) is 2.99. The van der Waals surface area contributed by atoms with E-state index in [1.807, 2.05) is 6.26 Å². The monoisotopic (exact) mass is 274 g/mol. The van der Waals surface area contributed by atoms with Crippen LogP contribution >= 0.6 is 23.1 Å². The Labute approximate surface area is 112 Å². The molecule has 98 valence electrons. The van der Waals surface area contributed by atoms with Crippen molar-refractivity contribution in [1.82, 2.24) is 10.3 Å². The summed E-state index contributed by atoms with van der Waals surface area (Å²) in [6, 6.07) is 0.291. The van der Waals surface area contributed by atoms with E-state index >= 15 is 0 Å². The molecule has 0 saturated carbocycles. The second-order valence-electron chi connectivity index (χ2n) is 4.46. The summed E-state index contributed by atoms with van der Waals surface area (Å²) in [7, 11) is 0. The minimum absolute atomic E-state index is 0.212. The van der Waals surface area contributed by atoms with Crippen LogP contribution in [-0.4, -0.2) is 34.2 Å². The van der Waals surface area contributed by atoms with Gasteiger partial charge in [0.25, 0.3) is 0 Å². The fraction of sp³-hybridized carbons (Fsp3) is 0.750. The van der Waals surface area contributed by atoms with Crippen LogP contribution < -0.4 is 5.32 Å². The van der Waals surface area contributed by atoms with Crippen molar-refractivity contribution < 1.29 is 5.11 Å². The average molecular weight is 274 g/mol. The van der Waals surface area contributed by atoms with E-state index in [1.54, 1.807) is 23.1 Å². The number of thiazole rings is 1. The molecule has 17 heavy (non-hydrogen) atoms. The molecule has 2 atom stereocenters. The molecule has 1 rings (SSSR count). The molecule has 1 aromatic heterocycles. The Hall–Kier alpha value is -0.100. The lowest BCUT2D eigenvalue weighted by molar-refractivity contribution is 0.275. The summed E-state index contributed by atoms with van der Waals surface area (Å²) < 4.78 is 0. The first-order valence-corrected chi connectivity index (χ1v) is 8.06. The van der Waals surface area contributed by atoms with E-state index in [0.29, 0.717) is 12.0 Å². The quantitative estimate of drug-likeness (QED) is 0.802. The Balaban J connectivity index is 2.44. The zero-order chi connectivity index (χ0) is 12.8. The molecule has 0 aliphatic heterocycles. The maximum atomic E-state index is 9.20. The van der Waals surface area contributed by atoms with Gasteiger partial charge in [-0.2, -0.15) is 11.8 Å². The summed E-state index contributed by atoms with van der Waals surface area (Å²) >= 11 is 3.42. The van der Waals surface area contributed by atoms with Gasteiger partial charge in [0.1, 0.15) is 0 Å². The predicted octanol–water partition coefficient (Wildman–Crippen LogP) is 2.47. The summed E-state index contributed by atoms with van der Waals surface area (Å²) in [5, 5.41) is 16.2. The normalized spacial score (nSPS) is 15.2. The number of aromatic nitrogens is 1. The third kappa shape index (κ3) is 4.58. The van der Waals surface area contributed by atoms with Gasteiger partial charge >= 0.3 is 0 Å². The van der Waals surface area contributed by atoms with Gasteiger partial charge < -0.3 is 10.4 Å². The molecule has 0 radical (unpaired) electrons. The Kier molecular flexibility index (Phi) is 6.48. The fourth-order valence-electron chi connectivity index (χ4n) is 1.50. The van der Waals surface area contributed by atoms with Crippen molar-refractivity contribution in [2.45, 2.75) is 44.5 Å². The first-order chi connectivity index (χ1) is 8.08. The summed E-state index contributed by atoms with van der Waals surface area (Å²) in [4.78, 5) is 4.58. The van der Waals surface area contributed by atoms with Crippen LogP contribution in [-0.2, 0) is 6.54 Å². The van der Waals surface area contributed by atoms with Crippen LogP contribution in [0.25, 0.3) is 0 Å². The molecule has 0 spiro atoms. The maximum Gasteiger partial charge on any atom is 0.0954 e. The zero-order valence-electron chi connectivity index (χ0n) is 10.9. The van der Waals surface area contributed by atoms with Gasteiger partial charge in [0, 0.05) is 29.1 Å². The van der Waals surface area contributed by atoms with E-state index in [2.05, 4.69) is 36.5 Å². The van der Waals surface area contributed by atoms with Gasteiger partial charge in [-0.15, -0.1) is 11.3 Å². The summed E-state index contributed by atoms with van der Waals surface area (Å²) in [6.45, 7) is 7.42. The van der Waals surface area contributed by atoms with Crippen LogP contribution in [0.2, 0.25) is 0 Å². The standard InChI is InChI=1S/C12H22N2OS2/c1-8(2)12-14-10(7-17-12)5-13-9(3)11(6-15)16-4/h7-9,11,13,15H,5-6H2,1-4H3. The number of nitrogens with zero attached hydrogens (tertiary/aromatic N) is 1. The number of aliphatic hydroxyl groups excluding tert-OH is 1. The largest absolute Gasteiger partial charge is 0.395 e. The maximum absolute atomic E-state index is 9.20. The Bertz CT molecular complexity index is 324. The van der Waals surface area contributed by atoms with Gasteiger partial charge in [0.2, 0.25) is 0 Å². The number of hydrogen-bond donors (Lipinski definition) is 2. The van der Waals surface area contributed by atoms with E-state index in [9.17, 15) is 5.11 Å². The van der Waals surface area contributed by atoms with Crippen molar-refractivity contribution in [3.05, 3.63) is 16.1 Å². The molecule has 2 unspecified atom stereocenters. The molecule has 0 aliphatic rings. The molecule has 5 heteroatoms. The lowest BCUT2D eigenvalue weighted by Crippen LogP contribution is -2.37. The lowest BCUT2D eigenvalue weighted by Gasteiger charge is -2.20. The minimum Gasteiger partial charge on any atom is -0.395 e. The van der Waals surface area contributed by atoms with Crippen LogP contribution in [0.15, 0.2) is 5.38 Å². The van der Waals surface area contributed by atoms with Crippen molar-refractivity contribution in [1.29, 1.82) is 0 Å². The molecule has 2 N–H and O–H groups in total. The van der Waals surface area contributed by atoms with Crippen molar-refractivity contribution in [2.75, 3.05) is 12.9 Å². The first-order valence-electron chi connectivity index (χ1n) is 5.89. The van der Waals surface area contributed by atoms with Gasteiger partial charge in [-0.3, -0.25) is 0 Å². The number of rotatable bonds is 7. The molecule has 0 saturated heterocycles. The van der Waals surface area contributed by atoms with Crippen LogP contribution in [0.5, 0.6) is 0 Å². The topological polar surface area (TPSA) is 45.1 Å². The van der Waals surface area contributed by atoms with Crippen LogP contribution in [0.1, 0.15) is 37.4 Å². The highest BCUT2D eigenvalue weighted by molar-refractivity contribution is 7.99. The van der Waals surface area contributed by atoms with Gasteiger partial charge in [0.15, 0.2) is 0 Å². The Morgan fingerprint density at radius 3 is 2.65 bits per heavy atom. The van der Waals surface area contributed by atoms with Crippen molar-refractivity contribution >= 4 is 23.1 Å². The van der Waals surface area contributed by atoms with E-state index in [-0.39, 0.29) is 11.9 Å². The number of hydrogen-bond acceptors (Lipinski definition) is 5. The van der Waals surface area contributed by atoms with Crippen LogP contribution in [0.3, 0.4) is 0 Å². The van der Waals surface area contributed by atoms with E-state index in [0.717, 1.165) is 12.2 Å². The summed E-state index contributed by atoms with van der Waals surface area (Å²) in [6.07, 6.45) is 2.03. The number of aliphatic hydroxyl groups is 1. The SMILES string of the molecule is CSC(CO)C(C)NCc1csc(C(C)C)n1. The predicted molar refractivity (Wildman–Crippen MR) is 76.9 cm³/mol. The van der Waals surface area contributed by atoms with E-state index in [4.69, 9.17) is 0 Å². The van der Waals surface area contributed by atoms with Gasteiger partial charge in [0.05, 0.1) is 17.3 Å². The van der Waals surface area contributed by atoms with Gasteiger partial charge in [-0.25, -0.2) is 4.98 Å². The number of nitrogens with one attached hydrogen (secondary N) is 1. The zero-order valence-corrected chi connectivity index (χ0v) is 12.6. The first kappa shape index (κ1) is 15.0. The Morgan fingerprint density at radius 1 is 1.47 bits per heavy atom. The molecule has 0 bridgehead atoms. The molecule has 1 aromatic rings. The number of thioether (sulfide) groups is 1. The molecular weight excluding hydrogens is 252 g/mol. The second kappa shape index (κ2) is 7.36. The minimum atomic E-state index is 0.212. The molecule has 0 amide bonds. The highest BCUT2D eigenvalue weighted by Crippen LogP contribution is 2.19. The second-order valence-corrected chi connectivity index (χ2v) is 6.42. The highest BCUT2D eigenvalue weighted by Gasteiger charge is 2.15. The Morgan fingerprint density at radius 2 is 2.18 bits per heavy atom. The van der Waals surface area contributed by atoms with Crippen molar-refractivity contribution in [3.8, 4) is 0 Å². The molecule has 0 aromatic carbocycles. The van der Waals surface area contributed by atoms with Crippen LogP contribution in [0.4, 0.5) is 0 Å². The third-order valence-corrected chi connectivity index (χ3v) is 5.07. The molecule has 0 fully saturated rings. The van der Waals surface area contributed by atoms with E-state index in [1.165, 1.54) is 5.01 Å². The third-order valence-electron chi connectivity index (χ3n) is 2.71. The summed E-state index contributed by atoms with van der Waals surface area (Å²) in [5.41, 5.74) is 1.10. The molecule has 1 heterocycles. The highest BCUT2D eigenvalue weighted by atomic mass is 32.2.